The highest BCUT2D eigenvalue weighted by molar-refractivity contribution is 9.13. The van der Waals surface area contributed by atoms with Crippen molar-refractivity contribution in [1.29, 1.82) is 0 Å². The van der Waals surface area contributed by atoms with Crippen LogP contribution >= 0.6 is 44.1 Å². The molecule has 1 heterocycles. The zero-order valence-corrected chi connectivity index (χ0v) is 16.6. The summed E-state index contributed by atoms with van der Waals surface area (Å²) in [7, 11) is 0. The van der Waals surface area contributed by atoms with Crippen LogP contribution in [0.2, 0.25) is 0 Å². The molecular weight excluding hydrogens is 436 g/mol. The summed E-state index contributed by atoms with van der Waals surface area (Å²) in [5, 5.41) is 3.39. The molecule has 0 fully saturated rings. The Morgan fingerprint density at radius 2 is 1.83 bits per heavy atom. The number of anilines is 1. The number of hydrogen-bond donors (Lipinski definition) is 1. The number of halogens is 2. The zero-order valence-electron chi connectivity index (χ0n) is 12.6. The van der Waals surface area contributed by atoms with Gasteiger partial charge in [-0.2, -0.15) is 0 Å². The Balaban J connectivity index is 2.21. The minimum atomic E-state index is 0.00940. The number of rotatable bonds is 3. The minimum Gasteiger partial charge on any atom is -0.348 e. The van der Waals surface area contributed by atoms with Gasteiger partial charge in [0.2, 0.25) is 0 Å². The average Bonchev–Trinajstić information content (AvgIpc) is 2.67. The van der Waals surface area contributed by atoms with E-state index in [2.05, 4.69) is 68.4 Å². The molecule has 118 valence electrons. The van der Waals surface area contributed by atoms with Crippen LogP contribution in [0.4, 0.5) is 5.69 Å². The molecule has 23 heavy (non-hydrogen) atoms. The average molecular weight is 452 g/mol. The van der Waals surface area contributed by atoms with E-state index in [0.717, 1.165) is 49.3 Å². The Morgan fingerprint density at radius 3 is 2.52 bits per heavy atom. The van der Waals surface area contributed by atoms with Gasteiger partial charge in [0.15, 0.2) is 0 Å². The highest BCUT2D eigenvalue weighted by atomic mass is 79.9. The monoisotopic (exact) mass is 450 g/mol. The van der Waals surface area contributed by atoms with E-state index in [0.29, 0.717) is 0 Å². The summed E-state index contributed by atoms with van der Waals surface area (Å²) in [4.78, 5) is 5.79. The first kappa shape index (κ1) is 16.8. The van der Waals surface area contributed by atoms with Gasteiger partial charge in [0.1, 0.15) is 11.0 Å². The van der Waals surface area contributed by atoms with Crippen molar-refractivity contribution < 1.29 is 0 Å². The summed E-state index contributed by atoms with van der Waals surface area (Å²) in [6.45, 7) is 2.16. The van der Waals surface area contributed by atoms with E-state index in [4.69, 9.17) is 17.2 Å². The molecule has 1 aliphatic rings. The van der Waals surface area contributed by atoms with Gasteiger partial charge in [-0.25, -0.2) is 0 Å². The molecule has 5 heteroatoms. The van der Waals surface area contributed by atoms with Gasteiger partial charge in [-0.1, -0.05) is 55.9 Å². The first-order valence-corrected chi connectivity index (χ1v) is 9.53. The van der Waals surface area contributed by atoms with Crippen molar-refractivity contribution in [3.8, 4) is 0 Å². The number of hydrogen-bond acceptors (Lipinski definition) is 2. The molecule has 1 atom stereocenters. The lowest BCUT2D eigenvalue weighted by Gasteiger charge is -2.13. The SMILES string of the molecule is CCCC1N=C(c2ccccc2)c2cc(Br)c(Br)cc2NC1=S. The molecule has 3 rings (SSSR count). The van der Waals surface area contributed by atoms with Gasteiger partial charge in [0, 0.05) is 25.8 Å². The fourth-order valence-corrected chi connectivity index (χ4v) is 3.61. The summed E-state index contributed by atoms with van der Waals surface area (Å²) >= 11 is 12.8. The molecule has 0 amide bonds. The van der Waals surface area contributed by atoms with Crippen LogP contribution in [-0.2, 0) is 0 Å². The lowest BCUT2D eigenvalue weighted by atomic mass is 10.0. The first-order valence-electron chi connectivity index (χ1n) is 7.53. The third-order valence-electron chi connectivity index (χ3n) is 3.77. The highest BCUT2D eigenvalue weighted by Crippen LogP contribution is 2.33. The molecule has 0 saturated heterocycles. The quantitative estimate of drug-likeness (QED) is 0.581. The van der Waals surface area contributed by atoms with Crippen LogP contribution in [0.25, 0.3) is 0 Å². The van der Waals surface area contributed by atoms with Crippen molar-refractivity contribution in [1.82, 2.24) is 0 Å². The number of benzodiazepines with no additional fused rings is 1. The second-order valence-electron chi connectivity index (χ2n) is 5.45. The molecular formula is C18H16Br2N2S. The Hall–Kier alpha value is -1.04. The second-order valence-corrected chi connectivity index (χ2v) is 7.60. The summed E-state index contributed by atoms with van der Waals surface area (Å²) in [5.74, 6) is 0. The largest absolute Gasteiger partial charge is 0.348 e. The van der Waals surface area contributed by atoms with Crippen LogP contribution < -0.4 is 5.32 Å². The van der Waals surface area contributed by atoms with Crippen molar-refractivity contribution in [2.75, 3.05) is 5.32 Å². The maximum absolute atomic E-state index is 5.59. The van der Waals surface area contributed by atoms with Gasteiger partial charge in [0.25, 0.3) is 0 Å². The molecule has 1 N–H and O–H groups in total. The van der Waals surface area contributed by atoms with Crippen LogP contribution in [-0.4, -0.2) is 16.7 Å². The lowest BCUT2D eigenvalue weighted by molar-refractivity contribution is 0.739. The van der Waals surface area contributed by atoms with E-state index < -0.39 is 0 Å². The Kier molecular flexibility index (Phi) is 5.29. The summed E-state index contributed by atoms with van der Waals surface area (Å²) in [6, 6.07) is 14.4. The van der Waals surface area contributed by atoms with Gasteiger partial charge in [0.05, 0.1) is 5.71 Å². The molecule has 0 aromatic heterocycles. The van der Waals surface area contributed by atoms with Crippen molar-refractivity contribution in [3.05, 3.63) is 62.5 Å². The molecule has 1 aliphatic heterocycles. The molecule has 0 spiro atoms. The Morgan fingerprint density at radius 1 is 1.13 bits per heavy atom. The van der Waals surface area contributed by atoms with Crippen LogP contribution in [0.5, 0.6) is 0 Å². The predicted octanol–water partition coefficient (Wildman–Crippen LogP) is 5.97. The van der Waals surface area contributed by atoms with Gasteiger partial charge in [-0.15, -0.1) is 0 Å². The van der Waals surface area contributed by atoms with E-state index in [1.54, 1.807) is 0 Å². The van der Waals surface area contributed by atoms with Crippen molar-refractivity contribution in [2.24, 2.45) is 4.99 Å². The maximum Gasteiger partial charge on any atom is 0.105 e. The van der Waals surface area contributed by atoms with Gasteiger partial charge in [-0.05, 0) is 50.4 Å². The summed E-state index contributed by atoms with van der Waals surface area (Å²) in [6.07, 6.45) is 1.99. The predicted molar refractivity (Wildman–Crippen MR) is 109 cm³/mol. The normalized spacial score (nSPS) is 17.1. The molecule has 1 unspecified atom stereocenters. The molecule has 2 nitrogen and oxygen atoms in total. The van der Waals surface area contributed by atoms with E-state index in [1.807, 2.05) is 18.2 Å². The Bertz CT molecular complexity index is 772. The Labute approximate surface area is 158 Å². The van der Waals surface area contributed by atoms with Crippen molar-refractivity contribution in [2.45, 2.75) is 25.8 Å². The fraction of sp³-hybridized carbons (Fsp3) is 0.222. The molecule has 2 aromatic rings. The number of nitrogens with zero attached hydrogens (tertiary/aromatic N) is 1. The van der Waals surface area contributed by atoms with Gasteiger partial charge in [-0.3, -0.25) is 4.99 Å². The van der Waals surface area contributed by atoms with Crippen LogP contribution in [0.3, 0.4) is 0 Å². The standard InChI is InChI=1S/C18H16Br2N2S/c1-2-6-15-18(23)22-16-10-14(20)13(19)9-12(16)17(21-15)11-7-4-3-5-8-11/h3-5,7-10,15H,2,6H2,1H3,(H,22,23). The highest BCUT2D eigenvalue weighted by Gasteiger charge is 2.23. The number of benzene rings is 2. The summed E-state index contributed by atoms with van der Waals surface area (Å²) in [5.41, 5.74) is 4.15. The lowest BCUT2D eigenvalue weighted by Crippen LogP contribution is -2.23. The van der Waals surface area contributed by atoms with Gasteiger partial charge >= 0.3 is 0 Å². The van der Waals surface area contributed by atoms with E-state index in [9.17, 15) is 0 Å². The summed E-state index contributed by atoms with van der Waals surface area (Å²) < 4.78 is 1.99. The third kappa shape index (κ3) is 3.57. The topological polar surface area (TPSA) is 24.4 Å². The molecule has 2 aromatic carbocycles. The van der Waals surface area contributed by atoms with E-state index >= 15 is 0 Å². The van der Waals surface area contributed by atoms with Crippen LogP contribution in [0.1, 0.15) is 30.9 Å². The molecule has 0 radical (unpaired) electrons. The first-order chi connectivity index (χ1) is 11.1. The second kappa shape index (κ2) is 7.24. The smallest absolute Gasteiger partial charge is 0.105 e. The molecule has 0 saturated carbocycles. The van der Waals surface area contributed by atoms with Crippen LogP contribution in [0, 0.1) is 0 Å². The fourth-order valence-electron chi connectivity index (χ4n) is 2.64. The molecule has 0 aliphatic carbocycles. The van der Waals surface area contributed by atoms with E-state index in [1.165, 1.54) is 0 Å². The third-order valence-corrected chi connectivity index (χ3v) is 5.99. The zero-order chi connectivity index (χ0) is 16.4. The van der Waals surface area contributed by atoms with Crippen LogP contribution in [0.15, 0.2) is 56.4 Å². The van der Waals surface area contributed by atoms with Crippen molar-refractivity contribution >= 4 is 60.5 Å². The number of aliphatic imine (C=N–C) groups is 1. The number of thiocarbonyl (C=S) groups is 1. The maximum atomic E-state index is 5.59. The minimum absolute atomic E-state index is 0.00940. The molecule has 0 bridgehead atoms. The van der Waals surface area contributed by atoms with Gasteiger partial charge < -0.3 is 5.32 Å². The number of fused-ring (bicyclic) bond motifs is 1. The van der Waals surface area contributed by atoms with Crippen molar-refractivity contribution in [3.63, 3.8) is 0 Å². The van der Waals surface area contributed by atoms with E-state index in [-0.39, 0.29) is 6.04 Å². The number of nitrogens with one attached hydrogen (secondary N) is 1.